The molecule has 0 amide bonds. The smallest absolute Gasteiger partial charge is 0.342 e. The number of aliphatic hydroxyl groups is 1. The number of methoxy groups -OCH3 is 1. The fourth-order valence-corrected chi connectivity index (χ4v) is 4.95. The molecule has 3 aliphatic rings. The molecule has 0 radical (unpaired) electrons. The minimum atomic E-state index is -0.874. The summed E-state index contributed by atoms with van der Waals surface area (Å²) >= 11 is 0. The molecule has 0 saturated carbocycles. The Balaban J connectivity index is 1.66. The summed E-state index contributed by atoms with van der Waals surface area (Å²) < 4.78 is 40.5. The van der Waals surface area contributed by atoms with Gasteiger partial charge in [-0.05, 0) is 38.8 Å². The third kappa shape index (κ3) is 8.05. The van der Waals surface area contributed by atoms with Crippen molar-refractivity contribution in [1.29, 1.82) is 0 Å². The molecule has 40 heavy (non-hydrogen) atoms. The van der Waals surface area contributed by atoms with E-state index in [-0.39, 0.29) is 24.4 Å². The number of esters is 1. The lowest BCUT2D eigenvalue weighted by Gasteiger charge is -2.26. The Hall–Kier alpha value is -2.47. The Morgan fingerprint density at radius 1 is 1.10 bits per heavy atom. The van der Waals surface area contributed by atoms with E-state index in [2.05, 4.69) is 4.90 Å². The zero-order valence-corrected chi connectivity index (χ0v) is 24.2. The summed E-state index contributed by atoms with van der Waals surface area (Å²) in [7, 11) is 1.52. The second kappa shape index (κ2) is 13.9. The van der Waals surface area contributed by atoms with Crippen LogP contribution in [0.3, 0.4) is 0 Å². The van der Waals surface area contributed by atoms with Crippen LogP contribution in [0.4, 0.5) is 0 Å². The molecule has 1 N–H and O–H groups in total. The van der Waals surface area contributed by atoms with E-state index < -0.39 is 30.1 Å². The first-order valence-electron chi connectivity index (χ1n) is 14.0. The third-order valence-corrected chi connectivity index (χ3v) is 7.29. The Morgan fingerprint density at radius 2 is 1.88 bits per heavy atom. The first kappa shape index (κ1) is 30.5. The Morgan fingerprint density at radius 3 is 2.62 bits per heavy atom. The van der Waals surface area contributed by atoms with Gasteiger partial charge in [0.2, 0.25) is 0 Å². The summed E-state index contributed by atoms with van der Waals surface area (Å²) in [6.45, 7) is 11.8. The number of cyclic esters (lactones) is 1. The van der Waals surface area contributed by atoms with Crippen molar-refractivity contribution in [3.63, 3.8) is 0 Å². The van der Waals surface area contributed by atoms with Crippen molar-refractivity contribution in [3.05, 3.63) is 41.5 Å². The van der Waals surface area contributed by atoms with E-state index in [9.17, 15) is 9.90 Å². The van der Waals surface area contributed by atoms with Gasteiger partial charge in [0.05, 0.1) is 19.3 Å². The molecule has 5 atom stereocenters. The Bertz CT molecular complexity index is 1050. The highest BCUT2D eigenvalue weighted by atomic mass is 16.8. The Labute approximate surface area is 236 Å². The van der Waals surface area contributed by atoms with Crippen molar-refractivity contribution in [2.24, 2.45) is 5.92 Å². The van der Waals surface area contributed by atoms with Crippen molar-refractivity contribution in [2.75, 3.05) is 53.4 Å². The first-order chi connectivity index (χ1) is 19.2. The highest BCUT2D eigenvalue weighted by Crippen LogP contribution is 2.35. The molecule has 4 rings (SSSR count). The molecule has 2 fully saturated rings. The minimum absolute atomic E-state index is 0.0444. The molecule has 10 heteroatoms. The molecule has 0 aromatic heterocycles. The summed E-state index contributed by atoms with van der Waals surface area (Å²) in [5, 5.41) is 10.9. The number of nitrogens with zero attached hydrogens (tertiary/aromatic N) is 1. The lowest BCUT2D eigenvalue weighted by molar-refractivity contribution is -0.152. The van der Waals surface area contributed by atoms with Crippen molar-refractivity contribution in [3.8, 4) is 11.5 Å². The van der Waals surface area contributed by atoms with Gasteiger partial charge in [-0.2, -0.15) is 0 Å². The van der Waals surface area contributed by atoms with Crippen LogP contribution in [0.25, 0.3) is 6.08 Å². The normalized spacial score (nSPS) is 30.1. The lowest BCUT2D eigenvalue weighted by Crippen LogP contribution is -2.38. The molecule has 0 bridgehead atoms. The largest absolute Gasteiger partial charge is 0.492 e. The second-order valence-corrected chi connectivity index (χ2v) is 10.9. The SMILES string of the molecule is COCOc1cc(OCCN2CCOCC2)cc2c1C(=O)O[C@@H](C)[C@H](C)/C=C\C(O)[C@H]1OC(C)(C)O[C@H]1CC=C2. The maximum absolute atomic E-state index is 13.5. The summed E-state index contributed by atoms with van der Waals surface area (Å²) in [4.78, 5) is 15.8. The number of carbonyl (C=O) groups excluding carboxylic acids is 1. The van der Waals surface area contributed by atoms with E-state index in [1.54, 1.807) is 12.1 Å². The van der Waals surface area contributed by atoms with Gasteiger partial charge in [0, 0.05) is 38.7 Å². The van der Waals surface area contributed by atoms with E-state index in [0.717, 1.165) is 32.8 Å². The first-order valence-corrected chi connectivity index (χ1v) is 14.0. The predicted molar refractivity (Wildman–Crippen MR) is 148 cm³/mol. The van der Waals surface area contributed by atoms with E-state index in [1.807, 2.05) is 52.0 Å². The maximum Gasteiger partial charge on any atom is 0.342 e. The van der Waals surface area contributed by atoms with Gasteiger partial charge < -0.3 is 38.3 Å². The van der Waals surface area contributed by atoms with E-state index in [0.29, 0.717) is 30.1 Å². The van der Waals surface area contributed by atoms with Crippen LogP contribution in [0.2, 0.25) is 0 Å². The maximum atomic E-state index is 13.5. The number of carbonyl (C=O) groups is 1. The molecule has 3 aliphatic heterocycles. The highest BCUT2D eigenvalue weighted by molar-refractivity contribution is 5.97. The van der Waals surface area contributed by atoms with Gasteiger partial charge in [-0.15, -0.1) is 0 Å². The van der Waals surface area contributed by atoms with Crippen LogP contribution in [-0.2, 0) is 23.7 Å². The molecule has 0 spiro atoms. The van der Waals surface area contributed by atoms with Gasteiger partial charge in [0.1, 0.15) is 42.0 Å². The van der Waals surface area contributed by atoms with Crippen LogP contribution >= 0.6 is 0 Å². The zero-order valence-electron chi connectivity index (χ0n) is 24.2. The van der Waals surface area contributed by atoms with Crippen LogP contribution in [0.1, 0.15) is 50.0 Å². The van der Waals surface area contributed by atoms with Crippen LogP contribution in [0.15, 0.2) is 30.4 Å². The van der Waals surface area contributed by atoms with Crippen molar-refractivity contribution in [2.45, 2.75) is 64.3 Å². The van der Waals surface area contributed by atoms with Crippen molar-refractivity contribution in [1.82, 2.24) is 4.90 Å². The average Bonchev–Trinajstić information content (AvgIpc) is 3.24. The molecule has 1 aromatic rings. The molecule has 1 unspecified atom stereocenters. The van der Waals surface area contributed by atoms with Gasteiger partial charge in [0.25, 0.3) is 0 Å². The molecular formula is C30H43NO9. The van der Waals surface area contributed by atoms with Gasteiger partial charge in [-0.3, -0.25) is 4.90 Å². The summed E-state index contributed by atoms with van der Waals surface area (Å²) in [6, 6.07) is 3.51. The fraction of sp³-hybridized carbons (Fsp3) is 0.633. The monoisotopic (exact) mass is 561 g/mol. The number of hydrogen-bond donors (Lipinski definition) is 1. The lowest BCUT2D eigenvalue weighted by atomic mass is 9.99. The predicted octanol–water partition coefficient (Wildman–Crippen LogP) is 3.42. The number of ether oxygens (including phenoxy) is 7. The van der Waals surface area contributed by atoms with E-state index in [1.165, 1.54) is 7.11 Å². The quantitative estimate of drug-likeness (QED) is 0.303. The molecular weight excluding hydrogens is 518 g/mol. The molecule has 0 aliphatic carbocycles. The van der Waals surface area contributed by atoms with Crippen LogP contribution in [0.5, 0.6) is 11.5 Å². The topological polar surface area (TPSA) is 105 Å². The molecule has 10 nitrogen and oxygen atoms in total. The van der Waals surface area contributed by atoms with Gasteiger partial charge in [-0.1, -0.05) is 31.2 Å². The average molecular weight is 562 g/mol. The number of fused-ring (bicyclic) bond motifs is 2. The number of morpholine rings is 1. The number of hydrogen-bond acceptors (Lipinski definition) is 10. The minimum Gasteiger partial charge on any atom is -0.492 e. The summed E-state index contributed by atoms with van der Waals surface area (Å²) in [5.41, 5.74) is 0.872. The highest BCUT2D eigenvalue weighted by Gasteiger charge is 2.43. The van der Waals surface area contributed by atoms with Crippen LogP contribution in [-0.4, -0.2) is 99.5 Å². The molecule has 3 heterocycles. The van der Waals surface area contributed by atoms with Crippen LogP contribution in [0, 0.1) is 5.92 Å². The standard InChI is InChI=1S/C30H43NO9/c1-20-9-10-24(32)28-25(39-30(3,4)40-28)8-6-7-22-17-23(36-16-13-31-11-14-35-15-12-31)18-26(37-19-34-5)27(22)29(33)38-21(20)2/h6-7,9-10,17-18,20-21,24-25,28,32H,8,11-16,19H2,1-5H3/b7-6?,10-9-/t20-,21+,24?,25+,28-/m1/s1. The van der Waals surface area contributed by atoms with E-state index in [4.69, 9.17) is 33.2 Å². The third-order valence-electron chi connectivity index (χ3n) is 7.29. The Kier molecular flexibility index (Phi) is 10.6. The molecule has 1 aromatic carbocycles. The zero-order chi connectivity index (χ0) is 28.7. The summed E-state index contributed by atoms with van der Waals surface area (Å²) in [5.74, 6) is -0.635. The van der Waals surface area contributed by atoms with Crippen molar-refractivity contribution < 1.29 is 43.1 Å². The van der Waals surface area contributed by atoms with Gasteiger partial charge >= 0.3 is 5.97 Å². The summed E-state index contributed by atoms with van der Waals surface area (Å²) in [6.07, 6.45) is 5.45. The number of aliphatic hydroxyl groups excluding tert-OH is 1. The molecule has 222 valence electrons. The van der Waals surface area contributed by atoms with E-state index >= 15 is 0 Å². The second-order valence-electron chi connectivity index (χ2n) is 10.9. The van der Waals surface area contributed by atoms with Crippen molar-refractivity contribution >= 4 is 12.0 Å². The number of benzene rings is 1. The fourth-order valence-electron chi connectivity index (χ4n) is 4.95. The molecule has 2 saturated heterocycles. The number of rotatable bonds is 7. The van der Waals surface area contributed by atoms with Gasteiger partial charge in [0.15, 0.2) is 12.6 Å². The van der Waals surface area contributed by atoms with Crippen LogP contribution < -0.4 is 9.47 Å². The van der Waals surface area contributed by atoms with Gasteiger partial charge in [-0.25, -0.2) is 4.79 Å².